The number of nitrogens with one attached hydrogen (secondary N) is 2. The van der Waals surface area contributed by atoms with Crippen molar-refractivity contribution in [1.82, 2.24) is 10.3 Å². The lowest BCUT2D eigenvalue weighted by Gasteiger charge is -2.38. The first kappa shape index (κ1) is 19.9. The van der Waals surface area contributed by atoms with E-state index < -0.39 is 0 Å². The Morgan fingerprint density at radius 3 is 2.58 bits per heavy atom. The first-order valence-electron chi connectivity index (χ1n) is 10.9. The lowest BCUT2D eigenvalue weighted by atomic mass is 9.74. The molecule has 2 aromatic carbocycles. The number of hydrogen-bond donors (Lipinski definition) is 2. The van der Waals surface area contributed by atoms with Crippen LogP contribution in [0.15, 0.2) is 54.6 Å². The Morgan fingerprint density at radius 1 is 1.10 bits per heavy atom. The average molecular weight is 420 g/mol. The van der Waals surface area contributed by atoms with Crippen LogP contribution in [0.4, 0.5) is 10.2 Å². The van der Waals surface area contributed by atoms with E-state index in [9.17, 15) is 9.18 Å². The second kappa shape index (κ2) is 8.27. The number of anilines is 1. The van der Waals surface area contributed by atoms with Crippen LogP contribution in [0.5, 0.6) is 0 Å². The highest BCUT2D eigenvalue weighted by molar-refractivity contribution is 6.07. The quantitative estimate of drug-likeness (QED) is 0.621. The van der Waals surface area contributed by atoms with Gasteiger partial charge in [-0.15, -0.1) is 0 Å². The van der Waals surface area contributed by atoms with Crippen LogP contribution in [0.25, 0.3) is 10.9 Å². The van der Waals surface area contributed by atoms with Crippen molar-refractivity contribution in [3.05, 3.63) is 71.5 Å². The largest absolute Gasteiger partial charge is 0.381 e. The number of benzene rings is 2. The van der Waals surface area contributed by atoms with Gasteiger partial charge in [-0.2, -0.15) is 0 Å². The third-order valence-corrected chi connectivity index (χ3v) is 6.39. The number of pyridine rings is 1. The Hall–Kier alpha value is -2.99. The molecule has 1 saturated heterocycles. The highest BCUT2D eigenvalue weighted by Crippen LogP contribution is 2.35. The van der Waals surface area contributed by atoms with Gasteiger partial charge in [-0.25, -0.2) is 9.37 Å². The molecule has 0 radical (unpaired) electrons. The van der Waals surface area contributed by atoms with E-state index in [1.807, 2.05) is 42.5 Å². The van der Waals surface area contributed by atoms with Gasteiger partial charge in [0.25, 0.3) is 5.91 Å². The van der Waals surface area contributed by atoms with Crippen molar-refractivity contribution in [3.8, 4) is 0 Å². The zero-order chi connectivity index (χ0) is 21.3. The van der Waals surface area contributed by atoms with E-state index in [4.69, 9.17) is 9.72 Å². The summed E-state index contributed by atoms with van der Waals surface area (Å²) in [7, 11) is 0. The minimum atomic E-state index is -0.235. The van der Waals surface area contributed by atoms with Gasteiger partial charge in [0.15, 0.2) is 0 Å². The van der Waals surface area contributed by atoms with E-state index >= 15 is 0 Å². The van der Waals surface area contributed by atoms with Gasteiger partial charge < -0.3 is 15.4 Å². The number of carbonyl (C=O) groups excluding carboxylic acids is 1. The molecular weight excluding hydrogens is 393 g/mol. The summed E-state index contributed by atoms with van der Waals surface area (Å²) in [5.41, 5.74) is 2.35. The Bertz CT molecular complexity index is 1090. The van der Waals surface area contributed by atoms with Crippen LogP contribution in [0.2, 0.25) is 0 Å². The van der Waals surface area contributed by atoms with E-state index in [0.717, 1.165) is 42.1 Å². The molecule has 3 aromatic rings. The minimum Gasteiger partial charge on any atom is -0.381 e. The zero-order valence-electron chi connectivity index (χ0n) is 17.4. The van der Waals surface area contributed by atoms with Gasteiger partial charge in [-0.05, 0) is 55.5 Å². The highest BCUT2D eigenvalue weighted by Gasteiger charge is 2.34. The summed E-state index contributed by atoms with van der Waals surface area (Å²) in [6, 6.07) is 16.6. The second-order valence-electron chi connectivity index (χ2n) is 8.57. The van der Waals surface area contributed by atoms with Crippen LogP contribution < -0.4 is 10.6 Å². The molecule has 6 heteroatoms. The maximum absolute atomic E-state index is 13.5. The molecule has 5 nitrogen and oxygen atoms in total. The second-order valence-corrected chi connectivity index (χ2v) is 8.57. The SMILES string of the molecule is O=C(NC1CC1)c1cc(NCC2(c3ccc(F)cc3)CCOCC2)nc2ccccc12. The summed E-state index contributed by atoms with van der Waals surface area (Å²) in [6.07, 6.45) is 3.77. The third kappa shape index (κ3) is 4.26. The standard InChI is InChI=1S/C25H26FN3O2/c26-18-7-5-17(6-8-18)25(11-13-31-14-12-25)16-27-23-15-21(24(30)28-19-9-10-19)20-3-1-2-4-22(20)29-23/h1-8,15,19H,9-14,16H2,(H,27,29)(H,28,30). The van der Waals surface area contributed by atoms with E-state index in [-0.39, 0.29) is 17.1 Å². The minimum absolute atomic E-state index is 0.0523. The van der Waals surface area contributed by atoms with Gasteiger partial charge in [0.05, 0.1) is 11.1 Å². The van der Waals surface area contributed by atoms with Gasteiger partial charge in [0.2, 0.25) is 0 Å². The van der Waals surface area contributed by atoms with Crippen LogP contribution in [-0.4, -0.2) is 36.7 Å². The smallest absolute Gasteiger partial charge is 0.252 e. The summed E-state index contributed by atoms with van der Waals surface area (Å²) in [5, 5.41) is 7.42. The number of ether oxygens (including phenoxy) is 1. The molecule has 2 fully saturated rings. The molecule has 160 valence electrons. The lowest BCUT2D eigenvalue weighted by Crippen LogP contribution is -2.40. The van der Waals surface area contributed by atoms with Crippen molar-refractivity contribution in [3.63, 3.8) is 0 Å². The first-order valence-corrected chi connectivity index (χ1v) is 10.9. The van der Waals surface area contributed by atoms with Crippen LogP contribution in [0.1, 0.15) is 41.6 Å². The van der Waals surface area contributed by atoms with Crippen molar-refractivity contribution >= 4 is 22.6 Å². The Balaban J connectivity index is 1.44. The molecule has 1 saturated carbocycles. The number of aromatic nitrogens is 1. The molecule has 0 spiro atoms. The van der Waals surface area contributed by atoms with Crippen molar-refractivity contribution < 1.29 is 13.9 Å². The summed E-state index contributed by atoms with van der Waals surface area (Å²) >= 11 is 0. The Morgan fingerprint density at radius 2 is 1.84 bits per heavy atom. The molecule has 0 unspecified atom stereocenters. The van der Waals surface area contributed by atoms with Gasteiger partial charge in [0.1, 0.15) is 11.6 Å². The van der Waals surface area contributed by atoms with Crippen LogP contribution in [0.3, 0.4) is 0 Å². The van der Waals surface area contributed by atoms with Crippen LogP contribution in [-0.2, 0) is 10.2 Å². The van der Waals surface area contributed by atoms with E-state index in [0.29, 0.717) is 37.2 Å². The number of nitrogens with zero attached hydrogens (tertiary/aromatic N) is 1. The van der Waals surface area contributed by atoms with Crippen LogP contribution in [0, 0.1) is 5.82 Å². The molecule has 2 aliphatic rings. The van der Waals surface area contributed by atoms with Gasteiger partial charge >= 0.3 is 0 Å². The van der Waals surface area contributed by atoms with Gasteiger partial charge in [-0.3, -0.25) is 4.79 Å². The molecule has 31 heavy (non-hydrogen) atoms. The predicted octanol–water partition coefficient (Wildman–Crippen LogP) is 4.43. The first-order chi connectivity index (χ1) is 15.1. The molecule has 1 aliphatic carbocycles. The number of para-hydroxylation sites is 1. The maximum Gasteiger partial charge on any atom is 0.252 e. The number of carbonyl (C=O) groups is 1. The molecule has 5 rings (SSSR count). The summed E-state index contributed by atoms with van der Waals surface area (Å²) in [6.45, 7) is 1.97. The van der Waals surface area contributed by atoms with E-state index in [1.54, 1.807) is 0 Å². The Labute approximate surface area is 181 Å². The summed E-state index contributed by atoms with van der Waals surface area (Å²) < 4.78 is 19.1. The molecule has 1 aliphatic heterocycles. The number of halogens is 1. The van der Waals surface area contributed by atoms with E-state index in [2.05, 4.69) is 10.6 Å². The van der Waals surface area contributed by atoms with Gasteiger partial charge in [0, 0.05) is 36.6 Å². The molecule has 2 N–H and O–H groups in total. The van der Waals surface area contributed by atoms with E-state index in [1.165, 1.54) is 12.1 Å². The molecule has 0 atom stereocenters. The normalized spacial score (nSPS) is 18.0. The maximum atomic E-state index is 13.5. The number of rotatable bonds is 6. The highest BCUT2D eigenvalue weighted by atomic mass is 19.1. The summed E-state index contributed by atoms with van der Waals surface area (Å²) in [4.78, 5) is 17.6. The number of fused-ring (bicyclic) bond motifs is 1. The van der Waals surface area contributed by atoms with Crippen molar-refractivity contribution in [2.24, 2.45) is 0 Å². The summed E-state index contributed by atoms with van der Waals surface area (Å²) in [5.74, 6) is 0.387. The lowest BCUT2D eigenvalue weighted by molar-refractivity contribution is 0.0543. The number of hydrogen-bond acceptors (Lipinski definition) is 4. The zero-order valence-corrected chi connectivity index (χ0v) is 17.4. The average Bonchev–Trinajstić information content (AvgIpc) is 3.62. The predicted molar refractivity (Wildman–Crippen MR) is 119 cm³/mol. The topological polar surface area (TPSA) is 63.2 Å². The molecule has 2 heterocycles. The molecule has 1 amide bonds. The fraction of sp³-hybridized carbons (Fsp3) is 0.360. The van der Waals surface area contributed by atoms with Crippen molar-refractivity contribution in [2.45, 2.75) is 37.1 Å². The molecule has 1 aromatic heterocycles. The fourth-order valence-corrected chi connectivity index (χ4v) is 4.34. The van der Waals surface area contributed by atoms with Gasteiger partial charge in [-0.1, -0.05) is 30.3 Å². The molecular formula is C25H26FN3O2. The number of amides is 1. The molecule has 0 bridgehead atoms. The van der Waals surface area contributed by atoms with Crippen molar-refractivity contribution in [2.75, 3.05) is 25.1 Å². The van der Waals surface area contributed by atoms with Crippen molar-refractivity contribution in [1.29, 1.82) is 0 Å². The fourth-order valence-electron chi connectivity index (χ4n) is 4.34. The monoisotopic (exact) mass is 419 g/mol. The third-order valence-electron chi connectivity index (χ3n) is 6.39. The van der Waals surface area contributed by atoms with Crippen LogP contribution >= 0.6 is 0 Å². The Kier molecular flexibility index (Phi) is 5.32.